The Labute approximate surface area is 81.6 Å². The van der Waals surface area contributed by atoms with Gasteiger partial charge in [-0.15, -0.1) is 0 Å². The van der Waals surface area contributed by atoms with Gasteiger partial charge in [-0.2, -0.15) is 0 Å². The zero-order valence-corrected chi connectivity index (χ0v) is 8.41. The molecule has 73 valence electrons. The average molecular weight is 178 g/mol. The van der Waals surface area contributed by atoms with E-state index in [1.54, 1.807) is 0 Å². The molecule has 0 aromatic heterocycles. The van der Waals surface area contributed by atoms with Gasteiger partial charge in [-0.3, -0.25) is 5.32 Å². The predicted molar refractivity (Wildman–Crippen MR) is 55.4 cm³/mol. The largest absolute Gasteiger partial charge is 0.293 e. The molecule has 13 heavy (non-hydrogen) atoms. The molecule has 0 saturated heterocycles. The van der Waals surface area contributed by atoms with Crippen molar-refractivity contribution in [1.82, 2.24) is 5.32 Å². The van der Waals surface area contributed by atoms with Gasteiger partial charge in [0.05, 0.1) is 0 Å². The highest BCUT2D eigenvalue weighted by Gasteiger charge is 2.22. The van der Waals surface area contributed by atoms with Gasteiger partial charge in [-0.05, 0) is 18.8 Å². The molecule has 1 heteroatoms. The molecular formula is C12H20N. The molecule has 1 nitrogen and oxygen atoms in total. The van der Waals surface area contributed by atoms with E-state index in [2.05, 4.69) is 11.4 Å². The minimum Gasteiger partial charge on any atom is -0.293 e. The molecule has 1 aliphatic carbocycles. The van der Waals surface area contributed by atoms with Gasteiger partial charge in [0.15, 0.2) is 0 Å². The quantitative estimate of drug-likeness (QED) is 0.586. The van der Waals surface area contributed by atoms with Crippen molar-refractivity contribution in [3.63, 3.8) is 0 Å². The van der Waals surface area contributed by atoms with E-state index in [1.807, 2.05) is 6.20 Å². The maximum Gasteiger partial charge on any atom is 0.0455 e. The van der Waals surface area contributed by atoms with Crippen LogP contribution >= 0.6 is 0 Å². The Hall–Kier alpha value is -0.460. The Morgan fingerprint density at radius 1 is 0.923 bits per heavy atom. The van der Waals surface area contributed by atoms with Gasteiger partial charge in [0.25, 0.3) is 0 Å². The molecule has 2 rings (SSSR count). The molecule has 1 heterocycles. The summed E-state index contributed by atoms with van der Waals surface area (Å²) in [5.41, 5.74) is 0. The third kappa shape index (κ3) is 2.49. The highest BCUT2D eigenvalue weighted by molar-refractivity contribution is 4.98. The molecule has 1 unspecified atom stereocenters. The zero-order valence-electron chi connectivity index (χ0n) is 8.41. The van der Waals surface area contributed by atoms with Crippen LogP contribution in [0.3, 0.4) is 0 Å². The van der Waals surface area contributed by atoms with Crippen molar-refractivity contribution in [1.29, 1.82) is 0 Å². The molecule has 1 radical (unpaired) electrons. The van der Waals surface area contributed by atoms with Crippen LogP contribution in [-0.2, 0) is 0 Å². The lowest BCUT2D eigenvalue weighted by molar-refractivity contribution is 0.310. The van der Waals surface area contributed by atoms with E-state index in [0.717, 1.165) is 18.4 Å². The molecule has 0 aromatic rings. The maximum atomic E-state index is 4.31. The van der Waals surface area contributed by atoms with Gasteiger partial charge in [0, 0.05) is 18.7 Å². The summed E-state index contributed by atoms with van der Waals surface area (Å²) in [6.07, 6.45) is 14.5. The Bertz CT molecular complexity index is 166. The molecule has 1 aliphatic heterocycles. The standard InChI is InChI=1S/C12H20N/c1-2-4-6-11(7-5-3-1)12-8-9-13-10-12/h8-9,11-12H,1-7,10H2. The average Bonchev–Trinajstić information content (AvgIpc) is 2.55. The van der Waals surface area contributed by atoms with Crippen LogP contribution in [0.4, 0.5) is 0 Å². The number of nitrogens with zero attached hydrogens (tertiary/aromatic N) is 1. The Kier molecular flexibility index (Phi) is 3.28. The maximum absolute atomic E-state index is 4.31. The molecule has 0 aromatic carbocycles. The van der Waals surface area contributed by atoms with E-state index >= 15 is 0 Å². The lowest BCUT2D eigenvalue weighted by Gasteiger charge is -2.23. The first kappa shape index (κ1) is 9.11. The van der Waals surface area contributed by atoms with Gasteiger partial charge in [0.2, 0.25) is 0 Å². The highest BCUT2D eigenvalue weighted by Crippen LogP contribution is 2.30. The summed E-state index contributed by atoms with van der Waals surface area (Å²) in [6, 6.07) is 0. The fourth-order valence-electron chi connectivity index (χ4n) is 2.64. The predicted octanol–water partition coefficient (Wildman–Crippen LogP) is 3.09. The second kappa shape index (κ2) is 4.69. The van der Waals surface area contributed by atoms with E-state index in [4.69, 9.17) is 0 Å². The van der Waals surface area contributed by atoms with Gasteiger partial charge in [-0.1, -0.05) is 38.2 Å². The highest BCUT2D eigenvalue weighted by atomic mass is 14.9. The van der Waals surface area contributed by atoms with Crippen LogP contribution in [-0.4, -0.2) is 6.54 Å². The molecule has 0 spiro atoms. The molecule has 1 fully saturated rings. The topological polar surface area (TPSA) is 14.1 Å². The molecule has 0 amide bonds. The van der Waals surface area contributed by atoms with Crippen molar-refractivity contribution in [2.24, 2.45) is 11.8 Å². The first-order chi connectivity index (χ1) is 6.47. The minimum absolute atomic E-state index is 0.790. The molecule has 0 N–H and O–H groups in total. The summed E-state index contributed by atoms with van der Waals surface area (Å²) in [4.78, 5) is 0. The van der Waals surface area contributed by atoms with Gasteiger partial charge < -0.3 is 0 Å². The monoisotopic (exact) mass is 178 g/mol. The summed E-state index contributed by atoms with van der Waals surface area (Å²) >= 11 is 0. The first-order valence-corrected chi connectivity index (χ1v) is 5.80. The second-order valence-corrected chi connectivity index (χ2v) is 4.48. The summed E-state index contributed by atoms with van der Waals surface area (Å²) in [7, 11) is 0. The zero-order chi connectivity index (χ0) is 8.93. The Morgan fingerprint density at radius 3 is 2.23 bits per heavy atom. The van der Waals surface area contributed by atoms with Crippen LogP contribution in [0.2, 0.25) is 0 Å². The Morgan fingerprint density at radius 2 is 1.62 bits per heavy atom. The van der Waals surface area contributed by atoms with E-state index < -0.39 is 0 Å². The number of hydrogen-bond donors (Lipinski definition) is 0. The SMILES string of the molecule is C1=CC(C2CCCCCCC2)C[N]1. The summed E-state index contributed by atoms with van der Waals surface area (Å²) in [6.45, 7) is 1.07. The van der Waals surface area contributed by atoms with E-state index in [1.165, 1.54) is 44.9 Å². The third-order valence-electron chi connectivity index (χ3n) is 3.51. The first-order valence-electron chi connectivity index (χ1n) is 5.80. The minimum atomic E-state index is 0.790. The van der Waals surface area contributed by atoms with Crippen molar-refractivity contribution in [2.45, 2.75) is 44.9 Å². The van der Waals surface area contributed by atoms with Crippen molar-refractivity contribution in [3.8, 4) is 0 Å². The van der Waals surface area contributed by atoms with Crippen LogP contribution in [0.5, 0.6) is 0 Å². The summed E-state index contributed by atoms with van der Waals surface area (Å²) < 4.78 is 0. The van der Waals surface area contributed by atoms with E-state index in [9.17, 15) is 0 Å². The fraction of sp³-hybridized carbons (Fsp3) is 0.833. The lowest BCUT2D eigenvalue weighted by atomic mass is 9.82. The second-order valence-electron chi connectivity index (χ2n) is 4.48. The normalized spacial score (nSPS) is 30.9. The van der Waals surface area contributed by atoms with Crippen LogP contribution in [0, 0.1) is 11.8 Å². The van der Waals surface area contributed by atoms with Crippen LogP contribution in [0.15, 0.2) is 12.3 Å². The van der Waals surface area contributed by atoms with Crippen molar-refractivity contribution >= 4 is 0 Å². The molecule has 1 atom stereocenters. The fourth-order valence-corrected chi connectivity index (χ4v) is 2.64. The van der Waals surface area contributed by atoms with Crippen LogP contribution < -0.4 is 5.32 Å². The van der Waals surface area contributed by atoms with Gasteiger partial charge in [0.1, 0.15) is 0 Å². The Balaban J connectivity index is 1.84. The van der Waals surface area contributed by atoms with Gasteiger partial charge >= 0.3 is 0 Å². The summed E-state index contributed by atoms with van der Waals surface area (Å²) in [5.74, 6) is 1.74. The van der Waals surface area contributed by atoms with E-state index in [0.29, 0.717) is 0 Å². The van der Waals surface area contributed by atoms with Crippen LogP contribution in [0.1, 0.15) is 44.9 Å². The molecular weight excluding hydrogens is 158 g/mol. The molecule has 0 bridgehead atoms. The van der Waals surface area contributed by atoms with Crippen LogP contribution in [0.25, 0.3) is 0 Å². The van der Waals surface area contributed by atoms with Crippen molar-refractivity contribution in [3.05, 3.63) is 12.3 Å². The van der Waals surface area contributed by atoms with Crippen molar-refractivity contribution in [2.75, 3.05) is 6.54 Å². The molecule has 2 aliphatic rings. The van der Waals surface area contributed by atoms with Gasteiger partial charge in [-0.25, -0.2) is 0 Å². The number of rotatable bonds is 1. The smallest absolute Gasteiger partial charge is 0.0455 e. The molecule has 1 saturated carbocycles. The third-order valence-corrected chi connectivity index (χ3v) is 3.51. The number of hydrogen-bond acceptors (Lipinski definition) is 0. The van der Waals surface area contributed by atoms with E-state index in [-0.39, 0.29) is 0 Å². The van der Waals surface area contributed by atoms with Crippen molar-refractivity contribution < 1.29 is 0 Å². The lowest BCUT2D eigenvalue weighted by Crippen LogP contribution is -2.17. The summed E-state index contributed by atoms with van der Waals surface area (Å²) in [5, 5.41) is 4.31.